The van der Waals surface area contributed by atoms with Crippen LogP contribution in [-0.2, 0) is 4.79 Å². The molecule has 2 rings (SSSR count). The number of nitrogen functional groups attached to an aromatic ring is 1. The van der Waals surface area contributed by atoms with Crippen LogP contribution in [0.25, 0.3) is 0 Å². The van der Waals surface area contributed by atoms with Crippen molar-refractivity contribution < 1.29 is 9.59 Å². The van der Waals surface area contributed by atoms with Crippen LogP contribution >= 0.6 is 0 Å². The topological polar surface area (TPSA) is 87.5 Å². The van der Waals surface area contributed by atoms with E-state index in [1.807, 2.05) is 6.07 Å². The van der Waals surface area contributed by atoms with Crippen molar-refractivity contribution in [1.82, 2.24) is 5.43 Å². The quantitative estimate of drug-likeness (QED) is 0.426. The molecule has 0 saturated heterocycles. The number of nitrogens with one attached hydrogen (secondary N) is 2. The SMILES string of the molecule is CC(C)N(c1cc(NC(=O)C2CC2)ccc1C(=O)NN)C(C)C. The first-order chi connectivity index (χ1) is 10.8. The van der Waals surface area contributed by atoms with Crippen LogP contribution in [0.4, 0.5) is 11.4 Å². The van der Waals surface area contributed by atoms with Crippen LogP contribution in [0.5, 0.6) is 0 Å². The molecule has 6 nitrogen and oxygen atoms in total. The summed E-state index contributed by atoms with van der Waals surface area (Å²) < 4.78 is 0. The van der Waals surface area contributed by atoms with E-state index in [1.54, 1.807) is 12.1 Å². The number of amides is 2. The number of nitrogens with zero attached hydrogens (tertiary/aromatic N) is 1. The second kappa shape index (κ2) is 7.00. The molecule has 2 amide bonds. The number of hydrogen-bond acceptors (Lipinski definition) is 4. The molecule has 0 atom stereocenters. The van der Waals surface area contributed by atoms with E-state index in [0.717, 1.165) is 18.5 Å². The maximum Gasteiger partial charge on any atom is 0.267 e. The lowest BCUT2D eigenvalue weighted by Crippen LogP contribution is -2.39. The lowest BCUT2D eigenvalue weighted by atomic mass is 10.1. The minimum absolute atomic E-state index is 0.0487. The summed E-state index contributed by atoms with van der Waals surface area (Å²) in [6.45, 7) is 8.28. The molecule has 0 bridgehead atoms. The Hall–Kier alpha value is -2.08. The van der Waals surface area contributed by atoms with Crippen molar-refractivity contribution in [1.29, 1.82) is 0 Å². The molecule has 0 aliphatic heterocycles. The number of benzene rings is 1. The Labute approximate surface area is 137 Å². The fourth-order valence-electron chi connectivity index (χ4n) is 2.84. The van der Waals surface area contributed by atoms with Crippen LogP contribution < -0.4 is 21.5 Å². The zero-order valence-electron chi connectivity index (χ0n) is 14.2. The molecule has 0 heterocycles. The molecule has 1 aromatic carbocycles. The third-order valence-corrected chi connectivity index (χ3v) is 3.98. The van der Waals surface area contributed by atoms with Gasteiger partial charge in [0.15, 0.2) is 0 Å². The van der Waals surface area contributed by atoms with Gasteiger partial charge in [-0.1, -0.05) is 0 Å². The summed E-state index contributed by atoms with van der Waals surface area (Å²) in [6.07, 6.45) is 1.91. The van der Waals surface area contributed by atoms with Gasteiger partial charge < -0.3 is 10.2 Å². The predicted molar refractivity (Wildman–Crippen MR) is 92.2 cm³/mol. The second-order valence-corrected chi connectivity index (χ2v) is 6.56. The molecule has 23 heavy (non-hydrogen) atoms. The summed E-state index contributed by atoms with van der Waals surface area (Å²) >= 11 is 0. The number of carbonyl (C=O) groups excluding carboxylic acids is 2. The normalized spacial score (nSPS) is 14.0. The molecule has 126 valence electrons. The largest absolute Gasteiger partial charge is 0.366 e. The van der Waals surface area contributed by atoms with Crippen molar-refractivity contribution in [3.63, 3.8) is 0 Å². The highest BCUT2D eigenvalue weighted by atomic mass is 16.2. The van der Waals surface area contributed by atoms with Gasteiger partial charge in [-0.25, -0.2) is 5.84 Å². The smallest absolute Gasteiger partial charge is 0.267 e. The molecule has 1 aromatic rings. The number of nitrogens with two attached hydrogens (primary N) is 1. The summed E-state index contributed by atoms with van der Waals surface area (Å²) in [6, 6.07) is 5.71. The van der Waals surface area contributed by atoms with Gasteiger partial charge in [0.05, 0.1) is 11.3 Å². The van der Waals surface area contributed by atoms with Gasteiger partial charge >= 0.3 is 0 Å². The van der Waals surface area contributed by atoms with E-state index >= 15 is 0 Å². The van der Waals surface area contributed by atoms with Crippen molar-refractivity contribution >= 4 is 23.2 Å². The van der Waals surface area contributed by atoms with E-state index in [0.29, 0.717) is 11.3 Å². The van der Waals surface area contributed by atoms with Crippen LogP contribution in [0, 0.1) is 5.92 Å². The van der Waals surface area contributed by atoms with Gasteiger partial charge in [-0.15, -0.1) is 0 Å². The average molecular weight is 318 g/mol. The molecule has 1 aliphatic rings. The average Bonchev–Trinajstić information content (AvgIpc) is 3.30. The summed E-state index contributed by atoms with van der Waals surface area (Å²) in [5.74, 6) is 5.15. The van der Waals surface area contributed by atoms with Crippen LogP contribution in [-0.4, -0.2) is 23.9 Å². The molecule has 0 radical (unpaired) electrons. The fraction of sp³-hybridized carbons (Fsp3) is 0.529. The molecule has 1 fully saturated rings. The third kappa shape index (κ3) is 4.01. The van der Waals surface area contributed by atoms with Crippen molar-refractivity contribution in [2.24, 2.45) is 11.8 Å². The van der Waals surface area contributed by atoms with E-state index in [1.165, 1.54) is 0 Å². The first-order valence-corrected chi connectivity index (χ1v) is 8.09. The second-order valence-electron chi connectivity index (χ2n) is 6.56. The lowest BCUT2D eigenvalue weighted by molar-refractivity contribution is -0.117. The number of carbonyl (C=O) groups is 2. The zero-order valence-corrected chi connectivity index (χ0v) is 14.2. The van der Waals surface area contributed by atoms with E-state index in [2.05, 4.69) is 43.3 Å². The first kappa shape index (κ1) is 17.3. The molecule has 1 aliphatic carbocycles. The summed E-state index contributed by atoms with van der Waals surface area (Å²) in [5, 5.41) is 2.93. The molecule has 0 unspecified atom stereocenters. The van der Waals surface area contributed by atoms with Gasteiger partial charge in [0, 0.05) is 23.7 Å². The highest BCUT2D eigenvalue weighted by Gasteiger charge is 2.30. The predicted octanol–water partition coefficient (Wildman–Crippen LogP) is 2.26. The Morgan fingerprint density at radius 2 is 1.78 bits per heavy atom. The van der Waals surface area contributed by atoms with Crippen LogP contribution in [0.2, 0.25) is 0 Å². The maximum atomic E-state index is 12.1. The number of anilines is 2. The van der Waals surface area contributed by atoms with Gasteiger partial charge in [0.25, 0.3) is 5.91 Å². The number of hydrogen-bond donors (Lipinski definition) is 3. The molecular formula is C17H26N4O2. The molecule has 4 N–H and O–H groups in total. The van der Waals surface area contributed by atoms with Crippen molar-refractivity contribution in [3.8, 4) is 0 Å². The minimum Gasteiger partial charge on any atom is -0.366 e. The Balaban J connectivity index is 2.40. The molecule has 1 saturated carbocycles. The van der Waals surface area contributed by atoms with Crippen LogP contribution in [0.1, 0.15) is 50.9 Å². The van der Waals surface area contributed by atoms with Gasteiger partial charge in [0.1, 0.15) is 0 Å². The third-order valence-electron chi connectivity index (χ3n) is 3.98. The standard InChI is InChI=1S/C17H26N4O2/c1-10(2)21(11(3)4)15-9-13(19-16(22)12-5-6-12)7-8-14(15)17(23)20-18/h7-12H,5-6,18H2,1-4H3,(H,19,22)(H,20,23). The molecular weight excluding hydrogens is 292 g/mol. The van der Waals surface area contributed by atoms with Gasteiger partial charge in [0.2, 0.25) is 5.91 Å². The lowest BCUT2D eigenvalue weighted by Gasteiger charge is -2.34. The number of hydrazine groups is 1. The van der Waals surface area contributed by atoms with Gasteiger partial charge in [-0.05, 0) is 58.7 Å². The zero-order chi connectivity index (χ0) is 17.1. The minimum atomic E-state index is -0.341. The van der Waals surface area contributed by atoms with Gasteiger partial charge in [-0.3, -0.25) is 15.0 Å². The van der Waals surface area contributed by atoms with E-state index < -0.39 is 0 Å². The Morgan fingerprint density at radius 3 is 2.26 bits per heavy atom. The van der Waals surface area contributed by atoms with Gasteiger partial charge in [-0.2, -0.15) is 0 Å². The summed E-state index contributed by atoms with van der Waals surface area (Å²) in [7, 11) is 0. The summed E-state index contributed by atoms with van der Waals surface area (Å²) in [5.41, 5.74) is 4.16. The molecule has 0 aromatic heterocycles. The number of rotatable bonds is 6. The Bertz CT molecular complexity index is 586. The monoisotopic (exact) mass is 318 g/mol. The van der Waals surface area contributed by atoms with Crippen molar-refractivity contribution in [2.75, 3.05) is 10.2 Å². The fourth-order valence-corrected chi connectivity index (χ4v) is 2.84. The maximum absolute atomic E-state index is 12.1. The Morgan fingerprint density at radius 1 is 1.17 bits per heavy atom. The Kier molecular flexibility index (Phi) is 5.26. The first-order valence-electron chi connectivity index (χ1n) is 8.09. The summed E-state index contributed by atoms with van der Waals surface area (Å²) in [4.78, 5) is 26.2. The van der Waals surface area contributed by atoms with E-state index in [9.17, 15) is 9.59 Å². The van der Waals surface area contributed by atoms with Crippen LogP contribution in [0.3, 0.4) is 0 Å². The van der Waals surface area contributed by atoms with Crippen molar-refractivity contribution in [2.45, 2.75) is 52.6 Å². The van der Waals surface area contributed by atoms with E-state index in [-0.39, 0.29) is 29.8 Å². The van der Waals surface area contributed by atoms with Crippen LogP contribution in [0.15, 0.2) is 18.2 Å². The highest BCUT2D eigenvalue weighted by molar-refractivity contribution is 6.01. The molecule has 6 heteroatoms. The molecule has 0 spiro atoms. The highest BCUT2D eigenvalue weighted by Crippen LogP contribution is 2.32. The van der Waals surface area contributed by atoms with E-state index in [4.69, 9.17) is 5.84 Å². The van der Waals surface area contributed by atoms with Crippen molar-refractivity contribution in [3.05, 3.63) is 23.8 Å².